The number of hydrogen-bond donors (Lipinski definition) is 1. The maximum Gasteiger partial charge on any atom is 0.226 e. The SMILES string of the molecule is CCOc1cc(C)nc(NC(C)c2c(C)noc2C)n1. The average Bonchev–Trinajstić information content (AvgIpc) is 2.68. The van der Waals surface area contributed by atoms with Crippen LogP contribution in [-0.2, 0) is 0 Å². The van der Waals surface area contributed by atoms with Crippen molar-refractivity contribution in [2.45, 2.75) is 40.7 Å². The number of rotatable bonds is 5. The van der Waals surface area contributed by atoms with Crippen LogP contribution in [0.1, 0.15) is 42.6 Å². The van der Waals surface area contributed by atoms with E-state index < -0.39 is 0 Å². The first kappa shape index (κ1) is 14.3. The molecule has 1 N–H and O–H groups in total. The second-order valence-corrected chi connectivity index (χ2v) is 4.71. The standard InChI is InChI=1S/C14H20N4O2/c1-6-19-12-7-8(2)15-14(17-12)16-9(3)13-10(4)18-20-11(13)5/h7,9H,6H2,1-5H3,(H,15,16,17). The molecule has 0 aliphatic rings. The minimum atomic E-state index is 0.0116. The molecule has 2 aromatic heterocycles. The van der Waals surface area contributed by atoms with Crippen LogP contribution >= 0.6 is 0 Å². The van der Waals surface area contributed by atoms with Crippen LogP contribution in [0.3, 0.4) is 0 Å². The Kier molecular flexibility index (Phi) is 4.22. The summed E-state index contributed by atoms with van der Waals surface area (Å²) in [5.41, 5.74) is 2.77. The van der Waals surface area contributed by atoms with Crippen molar-refractivity contribution in [3.05, 3.63) is 28.8 Å². The van der Waals surface area contributed by atoms with Crippen LogP contribution in [0, 0.1) is 20.8 Å². The smallest absolute Gasteiger partial charge is 0.226 e. The highest BCUT2D eigenvalue weighted by Gasteiger charge is 2.17. The van der Waals surface area contributed by atoms with E-state index in [1.165, 1.54) is 0 Å². The molecule has 20 heavy (non-hydrogen) atoms. The highest BCUT2D eigenvalue weighted by Crippen LogP contribution is 2.24. The van der Waals surface area contributed by atoms with Crippen LogP contribution in [0.15, 0.2) is 10.6 Å². The van der Waals surface area contributed by atoms with Crippen molar-refractivity contribution in [2.75, 3.05) is 11.9 Å². The highest BCUT2D eigenvalue weighted by atomic mass is 16.5. The average molecular weight is 276 g/mol. The summed E-state index contributed by atoms with van der Waals surface area (Å²) in [5.74, 6) is 1.93. The second-order valence-electron chi connectivity index (χ2n) is 4.71. The molecule has 6 nitrogen and oxygen atoms in total. The van der Waals surface area contributed by atoms with Gasteiger partial charge in [0.1, 0.15) is 5.76 Å². The van der Waals surface area contributed by atoms with Gasteiger partial charge in [-0.1, -0.05) is 5.16 Å². The molecule has 0 saturated heterocycles. The van der Waals surface area contributed by atoms with Crippen LogP contribution in [0.5, 0.6) is 5.88 Å². The van der Waals surface area contributed by atoms with E-state index in [1.54, 1.807) is 0 Å². The van der Waals surface area contributed by atoms with E-state index in [2.05, 4.69) is 20.4 Å². The molecule has 2 rings (SSSR count). The monoisotopic (exact) mass is 276 g/mol. The highest BCUT2D eigenvalue weighted by molar-refractivity contribution is 5.36. The summed E-state index contributed by atoms with van der Waals surface area (Å²) in [4.78, 5) is 8.71. The zero-order valence-corrected chi connectivity index (χ0v) is 12.5. The second kappa shape index (κ2) is 5.90. The predicted molar refractivity (Wildman–Crippen MR) is 76.0 cm³/mol. The Morgan fingerprint density at radius 3 is 2.65 bits per heavy atom. The number of hydrogen-bond acceptors (Lipinski definition) is 6. The summed E-state index contributed by atoms with van der Waals surface area (Å²) in [6.07, 6.45) is 0. The van der Waals surface area contributed by atoms with Crippen LogP contribution < -0.4 is 10.1 Å². The summed E-state index contributed by atoms with van der Waals surface area (Å²) in [6, 6.07) is 1.83. The summed E-state index contributed by atoms with van der Waals surface area (Å²) >= 11 is 0. The van der Waals surface area contributed by atoms with Crippen molar-refractivity contribution >= 4 is 5.95 Å². The Morgan fingerprint density at radius 2 is 2.05 bits per heavy atom. The number of nitrogens with zero attached hydrogens (tertiary/aromatic N) is 3. The van der Waals surface area contributed by atoms with Gasteiger partial charge in [0, 0.05) is 17.3 Å². The van der Waals surface area contributed by atoms with Gasteiger partial charge in [0.2, 0.25) is 11.8 Å². The fourth-order valence-electron chi connectivity index (χ4n) is 2.20. The van der Waals surface area contributed by atoms with E-state index >= 15 is 0 Å². The minimum absolute atomic E-state index is 0.0116. The molecule has 0 radical (unpaired) electrons. The molecule has 0 saturated carbocycles. The van der Waals surface area contributed by atoms with E-state index in [0.29, 0.717) is 18.4 Å². The first-order valence-corrected chi connectivity index (χ1v) is 6.69. The normalized spacial score (nSPS) is 12.2. The van der Waals surface area contributed by atoms with Crippen molar-refractivity contribution < 1.29 is 9.26 Å². The van der Waals surface area contributed by atoms with Gasteiger partial charge < -0.3 is 14.6 Å². The summed E-state index contributed by atoms with van der Waals surface area (Å²) in [6.45, 7) is 10.3. The molecule has 0 aliphatic carbocycles. The van der Waals surface area contributed by atoms with Gasteiger partial charge >= 0.3 is 0 Å². The van der Waals surface area contributed by atoms with Gasteiger partial charge in [-0.15, -0.1) is 0 Å². The molecular formula is C14H20N4O2. The molecule has 2 aromatic rings. The fraction of sp³-hybridized carbons (Fsp3) is 0.500. The van der Waals surface area contributed by atoms with Crippen LogP contribution in [0.4, 0.5) is 5.95 Å². The van der Waals surface area contributed by atoms with Gasteiger partial charge in [-0.2, -0.15) is 4.98 Å². The van der Waals surface area contributed by atoms with Gasteiger partial charge in [0.05, 0.1) is 18.3 Å². The Bertz CT molecular complexity index is 575. The third-order valence-electron chi connectivity index (χ3n) is 2.99. The molecular weight excluding hydrogens is 256 g/mol. The number of nitrogens with one attached hydrogen (secondary N) is 1. The lowest BCUT2D eigenvalue weighted by atomic mass is 10.1. The number of aromatic nitrogens is 3. The van der Waals surface area contributed by atoms with Gasteiger partial charge in [0.15, 0.2) is 0 Å². The van der Waals surface area contributed by atoms with Crippen molar-refractivity contribution in [1.82, 2.24) is 15.1 Å². The third-order valence-corrected chi connectivity index (χ3v) is 2.99. The predicted octanol–water partition coefficient (Wildman–Crippen LogP) is 2.96. The minimum Gasteiger partial charge on any atom is -0.478 e. The maximum absolute atomic E-state index is 5.43. The molecule has 1 unspecified atom stereocenters. The van der Waals surface area contributed by atoms with Crippen molar-refractivity contribution in [1.29, 1.82) is 0 Å². The molecule has 0 amide bonds. The molecule has 0 fully saturated rings. The zero-order valence-electron chi connectivity index (χ0n) is 12.5. The summed E-state index contributed by atoms with van der Waals surface area (Å²) in [7, 11) is 0. The van der Waals surface area contributed by atoms with E-state index in [4.69, 9.17) is 9.26 Å². The topological polar surface area (TPSA) is 73.1 Å². The largest absolute Gasteiger partial charge is 0.478 e. The third kappa shape index (κ3) is 3.07. The Balaban J connectivity index is 2.21. The summed E-state index contributed by atoms with van der Waals surface area (Å²) < 4.78 is 10.6. The van der Waals surface area contributed by atoms with Gasteiger partial charge in [-0.25, -0.2) is 4.98 Å². The first-order valence-electron chi connectivity index (χ1n) is 6.69. The molecule has 0 spiro atoms. The van der Waals surface area contributed by atoms with Crippen molar-refractivity contribution in [3.63, 3.8) is 0 Å². The van der Waals surface area contributed by atoms with Crippen molar-refractivity contribution in [2.24, 2.45) is 0 Å². The van der Waals surface area contributed by atoms with Crippen LogP contribution in [0.2, 0.25) is 0 Å². The lowest BCUT2D eigenvalue weighted by molar-refractivity contribution is 0.326. The van der Waals surface area contributed by atoms with E-state index in [1.807, 2.05) is 40.7 Å². The number of aryl methyl sites for hydroxylation is 3. The van der Waals surface area contributed by atoms with Gasteiger partial charge in [0.25, 0.3) is 0 Å². The molecule has 0 aromatic carbocycles. The lowest BCUT2D eigenvalue weighted by Gasteiger charge is -2.14. The van der Waals surface area contributed by atoms with Crippen LogP contribution in [-0.4, -0.2) is 21.7 Å². The quantitative estimate of drug-likeness (QED) is 0.905. The Hall–Kier alpha value is -2.11. The van der Waals surface area contributed by atoms with Crippen molar-refractivity contribution in [3.8, 4) is 5.88 Å². The molecule has 6 heteroatoms. The first-order chi connectivity index (χ1) is 9.51. The molecule has 108 valence electrons. The molecule has 1 atom stereocenters. The Morgan fingerprint density at radius 1 is 1.30 bits per heavy atom. The summed E-state index contributed by atoms with van der Waals surface area (Å²) in [5, 5.41) is 7.23. The fourth-order valence-corrected chi connectivity index (χ4v) is 2.20. The zero-order chi connectivity index (χ0) is 14.7. The molecule has 0 aliphatic heterocycles. The molecule has 0 bridgehead atoms. The van der Waals surface area contributed by atoms with Gasteiger partial charge in [-0.05, 0) is 34.6 Å². The van der Waals surface area contributed by atoms with Gasteiger partial charge in [-0.3, -0.25) is 0 Å². The number of ether oxygens (including phenoxy) is 1. The number of anilines is 1. The lowest BCUT2D eigenvalue weighted by Crippen LogP contribution is -2.12. The van der Waals surface area contributed by atoms with E-state index in [-0.39, 0.29) is 6.04 Å². The Labute approximate surface area is 118 Å². The van der Waals surface area contributed by atoms with E-state index in [0.717, 1.165) is 22.7 Å². The van der Waals surface area contributed by atoms with Crippen LogP contribution in [0.25, 0.3) is 0 Å². The van der Waals surface area contributed by atoms with E-state index in [9.17, 15) is 0 Å². The molecule has 2 heterocycles. The maximum atomic E-state index is 5.43.